The number of nitrogens with zero attached hydrogens (tertiary/aromatic N) is 3. The van der Waals surface area contributed by atoms with Crippen molar-refractivity contribution >= 4 is 22.2 Å². The quantitative estimate of drug-likeness (QED) is 0.305. The zero-order valence-electron chi connectivity index (χ0n) is 21.1. The SMILES string of the molecule is O=c1[nH]c(C(=C2c3ccc(Cn4c(C5CC5)nc5ccccc54)cc3COc3cc(F)ccc32)C2CC2)no1. The molecule has 1 aliphatic heterocycles. The van der Waals surface area contributed by atoms with E-state index in [1.54, 1.807) is 6.07 Å². The van der Waals surface area contributed by atoms with Gasteiger partial charge in [-0.3, -0.25) is 9.51 Å². The molecule has 0 bridgehead atoms. The summed E-state index contributed by atoms with van der Waals surface area (Å²) in [5.41, 5.74) is 7.89. The van der Waals surface area contributed by atoms with Crippen LogP contribution in [-0.4, -0.2) is 19.7 Å². The van der Waals surface area contributed by atoms with Crippen LogP contribution in [0.3, 0.4) is 0 Å². The maximum absolute atomic E-state index is 14.3. The Labute approximate surface area is 222 Å². The fourth-order valence-electron chi connectivity index (χ4n) is 5.85. The average molecular weight is 521 g/mol. The molecule has 39 heavy (non-hydrogen) atoms. The van der Waals surface area contributed by atoms with Crippen LogP contribution in [0.15, 0.2) is 70.0 Å². The Bertz CT molecular complexity index is 1860. The van der Waals surface area contributed by atoms with Crippen molar-refractivity contribution in [2.75, 3.05) is 0 Å². The number of rotatable bonds is 5. The Morgan fingerprint density at radius 1 is 1.03 bits per heavy atom. The van der Waals surface area contributed by atoms with Crippen molar-refractivity contribution in [2.45, 2.75) is 44.8 Å². The zero-order valence-corrected chi connectivity index (χ0v) is 21.1. The van der Waals surface area contributed by atoms with Gasteiger partial charge in [-0.05, 0) is 78.6 Å². The van der Waals surface area contributed by atoms with E-state index in [9.17, 15) is 9.18 Å². The van der Waals surface area contributed by atoms with Gasteiger partial charge in [0.15, 0.2) is 5.82 Å². The molecule has 2 aromatic heterocycles. The van der Waals surface area contributed by atoms with Crippen LogP contribution in [0, 0.1) is 11.7 Å². The number of hydrogen-bond donors (Lipinski definition) is 1. The van der Waals surface area contributed by atoms with Crippen LogP contribution in [0.2, 0.25) is 0 Å². The number of allylic oxidation sites excluding steroid dienone is 1. The number of benzene rings is 3. The number of aromatic amines is 1. The zero-order chi connectivity index (χ0) is 26.1. The minimum absolute atomic E-state index is 0.225. The molecule has 3 heterocycles. The van der Waals surface area contributed by atoms with E-state index in [2.05, 4.69) is 51.1 Å². The summed E-state index contributed by atoms with van der Waals surface area (Å²) < 4.78 is 27.7. The van der Waals surface area contributed by atoms with Crippen LogP contribution >= 0.6 is 0 Å². The lowest BCUT2D eigenvalue weighted by atomic mass is 9.87. The van der Waals surface area contributed by atoms with E-state index in [-0.39, 0.29) is 11.7 Å². The Morgan fingerprint density at radius 3 is 2.67 bits per heavy atom. The minimum Gasteiger partial charge on any atom is -0.488 e. The van der Waals surface area contributed by atoms with Crippen molar-refractivity contribution in [3.8, 4) is 5.75 Å². The average Bonchev–Trinajstić information content (AvgIpc) is 3.87. The number of aromatic nitrogens is 4. The molecule has 0 saturated heterocycles. The normalized spacial score (nSPS) is 17.9. The molecule has 0 unspecified atom stereocenters. The van der Waals surface area contributed by atoms with E-state index >= 15 is 0 Å². The van der Waals surface area contributed by atoms with E-state index in [1.807, 2.05) is 6.07 Å². The third-order valence-electron chi connectivity index (χ3n) is 7.95. The van der Waals surface area contributed by atoms with Gasteiger partial charge in [-0.15, -0.1) is 0 Å². The number of nitrogens with one attached hydrogen (secondary N) is 1. The van der Waals surface area contributed by atoms with Gasteiger partial charge in [0.1, 0.15) is 24.0 Å². The number of fused-ring (bicyclic) bond motifs is 3. The lowest BCUT2D eigenvalue weighted by Crippen LogP contribution is -2.06. The molecule has 7 nitrogen and oxygen atoms in total. The van der Waals surface area contributed by atoms with Crippen LogP contribution in [0.4, 0.5) is 4.39 Å². The van der Waals surface area contributed by atoms with Gasteiger partial charge in [0, 0.05) is 35.2 Å². The first kappa shape index (κ1) is 22.5. The van der Waals surface area contributed by atoms with Crippen molar-refractivity contribution < 1.29 is 13.7 Å². The van der Waals surface area contributed by atoms with Crippen LogP contribution in [0.1, 0.15) is 65.5 Å². The Hall–Kier alpha value is -4.46. The van der Waals surface area contributed by atoms with Gasteiger partial charge in [0.25, 0.3) is 0 Å². The Kier molecular flexibility index (Phi) is 4.92. The highest BCUT2D eigenvalue weighted by Crippen LogP contribution is 2.49. The first-order chi connectivity index (χ1) is 19.1. The molecule has 8 heteroatoms. The van der Waals surface area contributed by atoms with Crippen LogP contribution in [-0.2, 0) is 13.2 Å². The second-order valence-electron chi connectivity index (χ2n) is 10.7. The molecule has 2 aliphatic carbocycles. The summed E-state index contributed by atoms with van der Waals surface area (Å²) in [5.74, 6) is 1.84. The van der Waals surface area contributed by atoms with Gasteiger partial charge in [-0.1, -0.05) is 29.4 Å². The number of ether oxygens (including phenoxy) is 1. The third kappa shape index (κ3) is 3.90. The third-order valence-corrected chi connectivity index (χ3v) is 7.95. The summed E-state index contributed by atoms with van der Waals surface area (Å²) >= 11 is 0. The van der Waals surface area contributed by atoms with Crippen LogP contribution in [0.25, 0.3) is 22.2 Å². The first-order valence-electron chi connectivity index (χ1n) is 13.4. The van der Waals surface area contributed by atoms with Crippen molar-refractivity contribution in [3.05, 3.63) is 111 Å². The minimum atomic E-state index is -0.595. The predicted molar refractivity (Wildman–Crippen MR) is 144 cm³/mol. The predicted octanol–water partition coefficient (Wildman–Crippen LogP) is 6.04. The highest BCUT2D eigenvalue weighted by atomic mass is 19.1. The van der Waals surface area contributed by atoms with E-state index in [4.69, 9.17) is 14.2 Å². The largest absolute Gasteiger partial charge is 0.488 e. The first-order valence-corrected chi connectivity index (χ1v) is 13.4. The summed E-state index contributed by atoms with van der Waals surface area (Å²) in [6.07, 6.45) is 4.32. The molecule has 0 amide bonds. The van der Waals surface area contributed by atoms with Crippen molar-refractivity contribution in [3.63, 3.8) is 0 Å². The Morgan fingerprint density at radius 2 is 1.87 bits per heavy atom. The standard InChI is InChI=1S/C31H25FN4O3/c32-21-10-12-23-26(14-21)38-16-20-13-17(15-36-25-4-2-1-3-24(25)33-30(36)19-8-9-19)5-11-22(20)28(23)27(18-6-7-18)29-34-31(37)39-35-29/h1-5,10-14,18-19H,6-9,15-16H2,(H,34,35,37). The molecule has 5 aromatic rings. The molecular formula is C31H25FN4O3. The highest BCUT2D eigenvalue weighted by molar-refractivity contribution is 6.01. The molecule has 1 N–H and O–H groups in total. The van der Waals surface area contributed by atoms with E-state index in [1.165, 1.54) is 25.0 Å². The van der Waals surface area contributed by atoms with Gasteiger partial charge in [-0.25, -0.2) is 14.2 Å². The lowest BCUT2D eigenvalue weighted by molar-refractivity contribution is 0.305. The number of halogens is 1. The molecule has 0 radical (unpaired) electrons. The van der Waals surface area contributed by atoms with Gasteiger partial charge < -0.3 is 9.30 Å². The molecular weight excluding hydrogens is 495 g/mol. The highest BCUT2D eigenvalue weighted by Gasteiger charge is 2.35. The van der Waals surface area contributed by atoms with Gasteiger partial charge in [0.05, 0.1) is 11.0 Å². The second-order valence-corrected chi connectivity index (χ2v) is 10.7. The van der Waals surface area contributed by atoms with Gasteiger partial charge in [-0.2, -0.15) is 0 Å². The van der Waals surface area contributed by atoms with Crippen LogP contribution < -0.4 is 10.5 Å². The second kappa shape index (κ2) is 8.53. The maximum atomic E-state index is 14.3. The Balaban J connectivity index is 1.29. The molecule has 2 fully saturated rings. The summed E-state index contributed by atoms with van der Waals surface area (Å²) in [5, 5.41) is 4.05. The topological polar surface area (TPSA) is 85.9 Å². The van der Waals surface area contributed by atoms with E-state index < -0.39 is 5.76 Å². The summed E-state index contributed by atoms with van der Waals surface area (Å²) in [4.78, 5) is 19.6. The monoisotopic (exact) mass is 520 g/mol. The van der Waals surface area contributed by atoms with Crippen molar-refractivity contribution in [1.82, 2.24) is 19.7 Å². The maximum Gasteiger partial charge on any atom is 0.439 e. The van der Waals surface area contributed by atoms with E-state index in [0.29, 0.717) is 30.6 Å². The molecule has 8 rings (SSSR count). The number of H-pyrrole nitrogens is 1. The fraction of sp³-hybridized carbons (Fsp3) is 0.258. The van der Waals surface area contributed by atoms with Crippen LogP contribution in [0.5, 0.6) is 5.75 Å². The fourth-order valence-corrected chi connectivity index (χ4v) is 5.85. The molecule has 0 spiro atoms. The molecule has 194 valence electrons. The van der Waals surface area contributed by atoms with Gasteiger partial charge in [0.2, 0.25) is 0 Å². The summed E-state index contributed by atoms with van der Waals surface area (Å²) in [7, 11) is 0. The smallest absolute Gasteiger partial charge is 0.439 e. The number of imidazole rings is 1. The molecule has 3 aromatic carbocycles. The van der Waals surface area contributed by atoms with E-state index in [0.717, 1.165) is 63.1 Å². The summed E-state index contributed by atoms with van der Waals surface area (Å²) in [6.45, 7) is 1.00. The molecule has 3 aliphatic rings. The van der Waals surface area contributed by atoms with Crippen molar-refractivity contribution in [1.29, 1.82) is 0 Å². The lowest BCUT2D eigenvalue weighted by Gasteiger charge is -2.17. The van der Waals surface area contributed by atoms with Crippen molar-refractivity contribution in [2.24, 2.45) is 5.92 Å². The molecule has 0 atom stereocenters. The number of hydrogen-bond acceptors (Lipinski definition) is 5. The number of para-hydroxylation sites is 2. The summed E-state index contributed by atoms with van der Waals surface area (Å²) in [6, 6.07) is 19.4. The molecule has 2 saturated carbocycles. The van der Waals surface area contributed by atoms with Gasteiger partial charge >= 0.3 is 5.76 Å².